The maximum Gasteiger partial charge on any atom is 0.222 e. The molecule has 1 aromatic carbocycles. The number of likely N-dealkylation sites (N-methyl/N-ethyl adjacent to an activating group) is 2. The number of carbonyl (C=O) groups is 1. The van der Waals surface area contributed by atoms with Crippen LogP contribution in [0.15, 0.2) is 30.3 Å². The van der Waals surface area contributed by atoms with Gasteiger partial charge in [0.05, 0.1) is 0 Å². The zero-order valence-electron chi connectivity index (χ0n) is 13.7. The molecule has 0 radical (unpaired) electrons. The summed E-state index contributed by atoms with van der Waals surface area (Å²) >= 11 is 0. The van der Waals surface area contributed by atoms with Crippen LogP contribution in [-0.4, -0.2) is 48.9 Å². The number of carbonyl (C=O) groups excluding carboxylic acids is 1. The van der Waals surface area contributed by atoms with Crippen LogP contribution in [0.25, 0.3) is 0 Å². The summed E-state index contributed by atoms with van der Waals surface area (Å²) in [5, 5.41) is 0. The summed E-state index contributed by atoms with van der Waals surface area (Å²) in [6.45, 7) is 5.75. The van der Waals surface area contributed by atoms with Crippen molar-refractivity contribution in [2.75, 3.05) is 27.2 Å². The first-order chi connectivity index (χ1) is 9.95. The average molecular weight is 291 g/mol. The fraction of sp³-hybridized carbons (Fsp3) is 0.588. The SMILES string of the molecule is CCN(C(=O)CCC(N)c1ccccc1)C(C)CN(C)C. The number of amides is 1. The zero-order valence-corrected chi connectivity index (χ0v) is 13.7. The molecule has 0 fully saturated rings. The van der Waals surface area contributed by atoms with Crippen molar-refractivity contribution in [2.24, 2.45) is 5.73 Å². The Morgan fingerprint density at radius 1 is 1.24 bits per heavy atom. The van der Waals surface area contributed by atoms with Crippen LogP contribution < -0.4 is 5.73 Å². The van der Waals surface area contributed by atoms with Crippen molar-refractivity contribution in [1.82, 2.24) is 9.80 Å². The van der Waals surface area contributed by atoms with E-state index >= 15 is 0 Å². The summed E-state index contributed by atoms with van der Waals surface area (Å²) in [5.41, 5.74) is 7.26. The minimum Gasteiger partial charge on any atom is -0.339 e. The fourth-order valence-corrected chi connectivity index (χ4v) is 2.65. The summed E-state index contributed by atoms with van der Waals surface area (Å²) in [6.07, 6.45) is 1.19. The second kappa shape index (κ2) is 8.80. The van der Waals surface area contributed by atoms with Crippen LogP contribution >= 0.6 is 0 Å². The molecule has 1 aromatic rings. The molecule has 4 heteroatoms. The largest absolute Gasteiger partial charge is 0.339 e. The van der Waals surface area contributed by atoms with Crippen LogP contribution in [0, 0.1) is 0 Å². The molecule has 0 bridgehead atoms. The molecule has 2 unspecified atom stereocenters. The van der Waals surface area contributed by atoms with E-state index in [2.05, 4.69) is 11.8 Å². The average Bonchev–Trinajstić information content (AvgIpc) is 2.45. The Morgan fingerprint density at radius 3 is 2.38 bits per heavy atom. The van der Waals surface area contributed by atoms with Gasteiger partial charge in [0.1, 0.15) is 0 Å². The van der Waals surface area contributed by atoms with E-state index in [4.69, 9.17) is 5.73 Å². The standard InChI is InChI=1S/C17H29N3O/c1-5-20(14(2)13-19(3)4)17(21)12-11-16(18)15-9-7-6-8-10-15/h6-10,14,16H,5,11-13,18H2,1-4H3. The van der Waals surface area contributed by atoms with Crippen LogP contribution in [0.5, 0.6) is 0 Å². The van der Waals surface area contributed by atoms with E-state index in [9.17, 15) is 4.79 Å². The molecular formula is C17H29N3O. The van der Waals surface area contributed by atoms with Gasteiger partial charge in [-0.25, -0.2) is 0 Å². The molecule has 118 valence electrons. The van der Waals surface area contributed by atoms with Crippen molar-refractivity contribution < 1.29 is 4.79 Å². The van der Waals surface area contributed by atoms with E-state index in [1.54, 1.807) is 0 Å². The molecule has 21 heavy (non-hydrogen) atoms. The number of hydrogen-bond donors (Lipinski definition) is 1. The normalized spacial score (nSPS) is 14.0. The van der Waals surface area contributed by atoms with Crippen LogP contribution in [0.1, 0.15) is 38.3 Å². The third kappa shape index (κ3) is 5.86. The van der Waals surface area contributed by atoms with Crippen molar-refractivity contribution in [3.63, 3.8) is 0 Å². The predicted molar refractivity (Wildman–Crippen MR) is 88.0 cm³/mol. The van der Waals surface area contributed by atoms with Gasteiger partial charge in [0, 0.05) is 31.6 Å². The minimum atomic E-state index is -0.0713. The van der Waals surface area contributed by atoms with Crippen molar-refractivity contribution in [2.45, 2.75) is 38.8 Å². The number of rotatable bonds is 8. The fourth-order valence-electron chi connectivity index (χ4n) is 2.65. The van der Waals surface area contributed by atoms with Gasteiger partial charge in [-0.05, 0) is 39.9 Å². The molecule has 2 N–H and O–H groups in total. The Morgan fingerprint density at radius 2 is 1.86 bits per heavy atom. The van der Waals surface area contributed by atoms with Crippen molar-refractivity contribution in [3.8, 4) is 0 Å². The molecule has 0 aromatic heterocycles. The second-order valence-electron chi connectivity index (χ2n) is 5.85. The van der Waals surface area contributed by atoms with Crippen LogP contribution in [0.2, 0.25) is 0 Å². The maximum atomic E-state index is 12.4. The van der Waals surface area contributed by atoms with E-state index in [0.29, 0.717) is 12.8 Å². The second-order valence-corrected chi connectivity index (χ2v) is 5.85. The molecule has 0 spiro atoms. The third-order valence-electron chi connectivity index (χ3n) is 3.72. The van der Waals surface area contributed by atoms with Gasteiger partial charge in [0.25, 0.3) is 0 Å². The Bertz CT molecular complexity index is 419. The molecule has 4 nitrogen and oxygen atoms in total. The van der Waals surface area contributed by atoms with Gasteiger partial charge >= 0.3 is 0 Å². The highest BCUT2D eigenvalue weighted by molar-refractivity contribution is 5.76. The molecule has 0 saturated carbocycles. The van der Waals surface area contributed by atoms with Crippen molar-refractivity contribution >= 4 is 5.91 Å². The highest BCUT2D eigenvalue weighted by Gasteiger charge is 2.19. The van der Waals surface area contributed by atoms with Gasteiger partial charge < -0.3 is 15.5 Å². The van der Waals surface area contributed by atoms with Crippen molar-refractivity contribution in [3.05, 3.63) is 35.9 Å². The van der Waals surface area contributed by atoms with Gasteiger partial charge in [-0.15, -0.1) is 0 Å². The zero-order chi connectivity index (χ0) is 15.8. The topological polar surface area (TPSA) is 49.6 Å². The quantitative estimate of drug-likeness (QED) is 0.799. The predicted octanol–water partition coefficient (Wildman–Crippen LogP) is 2.27. The Hall–Kier alpha value is -1.39. The third-order valence-corrected chi connectivity index (χ3v) is 3.72. The highest BCUT2D eigenvalue weighted by atomic mass is 16.2. The monoisotopic (exact) mass is 291 g/mol. The maximum absolute atomic E-state index is 12.4. The van der Waals surface area contributed by atoms with E-state index in [0.717, 1.165) is 18.7 Å². The Kier molecular flexibility index (Phi) is 7.40. The van der Waals surface area contributed by atoms with Gasteiger partial charge in [0.2, 0.25) is 5.91 Å². The molecule has 0 heterocycles. The molecule has 1 rings (SSSR count). The summed E-state index contributed by atoms with van der Waals surface area (Å²) in [4.78, 5) is 16.4. The van der Waals surface area contributed by atoms with Crippen LogP contribution in [-0.2, 0) is 4.79 Å². The van der Waals surface area contributed by atoms with Crippen LogP contribution in [0.3, 0.4) is 0 Å². The van der Waals surface area contributed by atoms with Crippen molar-refractivity contribution in [1.29, 1.82) is 0 Å². The Balaban J connectivity index is 2.51. The minimum absolute atomic E-state index is 0.0713. The first kappa shape index (κ1) is 17.7. The van der Waals surface area contributed by atoms with Gasteiger partial charge in [0.15, 0.2) is 0 Å². The Labute approximate surface area is 128 Å². The summed E-state index contributed by atoms with van der Waals surface area (Å²) in [6, 6.07) is 10.1. The number of nitrogens with zero attached hydrogens (tertiary/aromatic N) is 2. The van der Waals surface area contributed by atoms with E-state index < -0.39 is 0 Å². The summed E-state index contributed by atoms with van der Waals surface area (Å²) in [5.74, 6) is 0.193. The first-order valence-corrected chi connectivity index (χ1v) is 7.70. The van der Waals surface area contributed by atoms with Gasteiger partial charge in [-0.1, -0.05) is 30.3 Å². The lowest BCUT2D eigenvalue weighted by atomic mass is 10.0. The molecule has 0 aliphatic rings. The lowest BCUT2D eigenvalue weighted by Crippen LogP contribution is -2.43. The number of benzene rings is 1. The van der Waals surface area contributed by atoms with E-state index in [1.165, 1.54) is 0 Å². The number of hydrogen-bond acceptors (Lipinski definition) is 3. The van der Waals surface area contributed by atoms with E-state index in [1.807, 2.05) is 56.3 Å². The lowest BCUT2D eigenvalue weighted by Gasteiger charge is -2.30. The smallest absolute Gasteiger partial charge is 0.222 e. The lowest BCUT2D eigenvalue weighted by molar-refractivity contribution is -0.133. The molecule has 0 aliphatic carbocycles. The van der Waals surface area contributed by atoms with Crippen LogP contribution in [0.4, 0.5) is 0 Å². The van der Waals surface area contributed by atoms with Gasteiger partial charge in [-0.2, -0.15) is 0 Å². The molecule has 0 saturated heterocycles. The first-order valence-electron chi connectivity index (χ1n) is 7.70. The molecule has 1 amide bonds. The molecule has 0 aliphatic heterocycles. The van der Waals surface area contributed by atoms with Gasteiger partial charge in [-0.3, -0.25) is 4.79 Å². The highest BCUT2D eigenvalue weighted by Crippen LogP contribution is 2.16. The molecule has 2 atom stereocenters. The number of nitrogens with two attached hydrogens (primary N) is 1. The van der Waals surface area contributed by atoms with E-state index in [-0.39, 0.29) is 18.0 Å². The summed E-state index contributed by atoms with van der Waals surface area (Å²) in [7, 11) is 4.06. The molecular weight excluding hydrogens is 262 g/mol. The summed E-state index contributed by atoms with van der Waals surface area (Å²) < 4.78 is 0.